The van der Waals surface area contributed by atoms with Crippen LogP contribution in [0.1, 0.15) is 32.6 Å². The van der Waals surface area contributed by atoms with E-state index in [1.807, 2.05) is 28.9 Å². The van der Waals surface area contributed by atoms with Gasteiger partial charge < -0.3 is 15.1 Å². The maximum atomic E-state index is 13.4. The molecule has 3 heterocycles. The summed E-state index contributed by atoms with van der Waals surface area (Å²) in [6.45, 7) is 5.03. The van der Waals surface area contributed by atoms with Crippen molar-refractivity contribution in [3.8, 4) is 0 Å². The third kappa shape index (κ3) is 3.02. The summed E-state index contributed by atoms with van der Waals surface area (Å²) < 4.78 is 1.89. The van der Waals surface area contributed by atoms with Crippen molar-refractivity contribution in [1.82, 2.24) is 24.9 Å². The first-order valence-electron chi connectivity index (χ1n) is 8.73. The van der Waals surface area contributed by atoms with Crippen LogP contribution < -0.4 is 5.32 Å². The van der Waals surface area contributed by atoms with Gasteiger partial charge in [-0.05, 0) is 58.8 Å². The zero-order chi connectivity index (χ0) is 16.4. The lowest BCUT2D eigenvalue weighted by molar-refractivity contribution is -0.145. The average molecular weight is 319 g/mol. The van der Waals surface area contributed by atoms with E-state index < -0.39 is 5.54 Å². The number of nitrogens with zero attached hydrogens (tertiary/aromatic N) is 4. The number of hydrogen-bond acceptors (Lipinski definition) is 4. The Morgan fingerprint density at radius 2 is 2.13 bits per heavy atom. The lowest BCUT2D eigenvalue weighted by atomic mass is 9.85. The maximum Gasteiger partial charge on any atom is 0.250 e. The first kappa shape index (κ1) is 16.5. The molecule has 1 aromatic rings. The molecular formula is C17H29N5O. The maximum absolute atomic E-state index is 13.4. The second kappa shape index (κ2) is 6.61. The van der Waals surface area contributed by atoms with Crippen LogP contribution >= 0.6 is 0 Å². The van der Waals surface area contributed by atoms with Gasteiger partial charge in [0, 0.05) is 38.1 Å². The van der Waals surface area contributed by atoms with Gasteiger partial charge in [-0.3, -0.25) is 9.48 Å². The van der Waals surface area contributed by atoms with Gasteiger partial charge in [0.2, 0.25) is 0 Å². The van der Waals surface area contributed by atoms with E-state index in [2.05, 4.69) is 29.3 Å². The highest BCUT2D eigenvalue weighted by Crippen LogP contribution is 2.31. The Morgan fingerprint density at radius 1 is 1.39 bits per heavy atom. The summed E-state index contributed by atoms with van der Waals surface area (Å²) in [5, 5.41) is 7.79. The molecule has 6 heteroatoms. The smallest absolute Gasteiger partial charge is 0.250 e. The zero-order valence-corrected chi connectivity index (χ0v) is 14.5. The molecule has 1 N–H and O–H groups in total. The number of carbonyl (C=O) groups excluding carboxylic acids is 1. The zero-order valence-electron chi connectivity index (χ0n) is 14.5. The van der Waals surface area contributed by atoms with Crippen molar-refractivity contribution in [2.24, 2.45) is 0 Å². The van der Waals surface area contributed by atoms with E-state index in [1.165, 1.54) is 0 Å². The number of rotatable bonds is 3. The number of aromatic nitrogens is 2. The monoisotopic (exact) mass is 319 g/mol. The van der Waals surface area contributed by atoms with E-state index in [-0.39, 0.29) is 5.91 Å². The number of likely N-dealkylation sites (N-methyl/N-ethyl adjacent to an activating group) is 1. The first-order chi connectivity index (χ1) is 11.0. The molecule has 0 aliphatic carbocycles. The van der Waals surface area contributed by atoms with Crippen LogP contribution in [0.2, 0.25) is 0 Å². The summed E-state index contributed by atoms with van der Waals surface area (Å²) in [5.41, 5.74) is -0.518. The van der Waals surface area contributed by atoms with Crippen LogP contribution in [0, 0.1) is 0 Å². The van der Waals surface area contributed by atoms with Crippen LogP contribution in [-0.2, 0) is 10.3 Å². The Hall–Kier alpha value is -1.40. The topological polar surface area (TPSA) is 53.4 Å². The minimum atomic E-state index is -0.518. The Bertz CT molecular complexity index is 523. The van der Waals surface area contributed by atoms with Gasteiger partial charge in [0.1, 0.15) is 5.54 Å². The minimum Gasteiger partial charge on any atom is -0.341 e. The molecule has 2 aliphatic rings. The second-order valence-electron chi connectivity index (χ2n) is 7.16. The van der Waals surface area contributed by atoms with E-state index in [0.29, 0.717) is 12.1 Å². The van der Waals surface area contributed by atoms with Crippen molar-refractivity contribution in [3.05, 3.63) is 18.5 Å². The summed E-state index contributed by atoms with van der Waals surface area (Å²) in [4.78, 5) is 17.8. The molecule has 3 rings (SSSR count). The van der Waals surface area contributed by atoms with Gasteiger partial charge in [0.15, 0.2) is 0 Å². The fourth-order valence-corrected chi connectivity index (χ4v) is 4.01. The molecule has 0 bridgehead atoms. The molecule has 2 aliphatic heterocycles. The SMILES string of the molecule is CC1CC(N(C)C(=O)C2(n3cccn3)CCNCC2)CCN1C. The van der Waals surface area contributed by atoms with Crippen LogP contribution in [0.15, 0.2) is 18.5 Å². The number of likely N-dealkylation sites (tertiary alicyclic amines) is 1. The molecule has 6 nitrogen and oxygen atoms in total. The van der Waals surface area contributed by atoms with Crippen LogP contribution in [0.4, 0.5) is 0 Å². The molecule has 128 valence electrons. The molecule has 0 aromatic carbocycles. The summed E-state index contributed by atoms with van der Waals surface area (Å²) in [6.07, 6.45) is 7.42. The number of piperidine rings is 2. The number of nitrogens with one attached hydrogen (secondary N) is 1. The van der Waals surface area contributed by atoms with Crippen molar-refractivity contribution in [1.29, 1.82) is 0 Å². The van der Waals surface area contributed by atoms with Gasteiger partial charge in [0.05, 0.1) is 0 Å². The molecule has 2 saturated heterocycles. The Morgan fingerprint density at radius 3 is 2.74 bits per heavy atom. The van der Waals surface area contributed by atoms with Crippen LogP contribution in [0.5, 0.6) is 0 Å². The highest BCUT2D eigenvalue weighted by Gasteiger charge is 2.45. The summed E-state index contributed by atoms with van der Waals surface area (Å²) in [7, 11) is 4.15. The normalized spacial score (nSPS) is 28.5. The molecule has 0 saturated carbocycles. The first-order valence-corrected chi connectivity index (χ1v) is 8.73. The van der Waals surface area contributed by atoms with Crippen molar-refractivity contribution >= 4 is 5.91 Å². The van der Waals surface area contributed by atoms with Gasteiger partial charge in [-0.2, -0.15) is 5.10 Å². The number of hydrogen-bond donors (Lipinski definition) is 1. The third-order valence-corrected chi connectivity index (χ3v) is 5.82. The quantitative estimate of drug-likeness (QED) is 0.899. The predicted molar refractivity (Wildman–Crippen MR) is 90.2 cm³/mol. The fraction of sp³-hybridized carbons (Fsp3) is 0.765. The Balaban J connectivity index is 1.81. The number of carbonyl (C=O) groups is 1. The van der Waals surface area contributed by atoms with Crippen LogP contribution in [0.3, 0.4) is 0 Å². The molecule has 2 fully saturated rings. The second-order valence-corrected chi connectivity index (χ2v) is 7.16. The van der Waals surface area contributed by atoms with Gasteiger partial charge in [-0.1, -0.05) is 0 Å². The highest BCUT2D eigenvalue weighted by molar-refractivity contribution is 5.84. The molecule has 23 heavy (non-hydrogen) atoms. The van der Waals surface area contributed by atoms with Gasteiger partial charge in [0.25, 0.3) is 5.91 Å². The van der Waals surface area contributed by atoms with Gasteiger partial charge in [-0.25, -0.2) is 0 Å². The standard InChI is InChI=1S/C17H29N5O/c1-14-13-15(5-12-20(14)2)21(3)16(23)17(6-9-18-10-7-17)22-11-4-8-19-22/h4,8,11,14-15,18H,5-7,9-10,12-13H2,1-3H3. The highest BCUT2D eigenvalue weighted by atomic mass is 16.2. The Kier molecular flexibility index (Phi) is 4.73. The largest absolute Gasteiger partial charge is 0.341 e. The molecular weight excluding hydrogens is 290 g/mol. The van der Waals surface area contributed by atoms with Crippen LogP contribution in [0.25, 0.3) is 0 Å². The van der Waals surface area contributed by atoms with E-state index in [9.17, 15) is 4.79 Å². The van der Waals surface area contributed by atoms with E-state index in [1.54, 1.807) is 6.20 Å². The summed E-state index contributed by atoms with van der Waals surface area (Å²) >= 11 is 0. The fourth-order valence-electron chi connectivity index (χ4n) is 4.01. The number of amides is 1. The average Bonchev–Trinajstić information content (AvgIpc) is 3.12. The summed E-state index contributed by atoms with van der Waals surface area (Å²) in [6, 6.07) is 2.77. The molecule has 2 atom stereocenters. The van der Waals surface area contributed by atoms with Crippen molar-refractivity contribution < 1.29 is 4.79 Å². The third-order valence-electron chi connectivity index (χ3n) is 5.82. The van der Waals surface area contributed by atoms with E-state index >= 15 is 0 Å². The van der Waals surface area contributed by atoms with Crippen LogP contribution in [-0.4, -0.2) is 71.3 Å². The molecule has 0 spiro atoms. The van der Waals surface area contributed by atoms with E-state index in [0.717, 1.165) is 45.3 Å². The van der Waals surface area contributed by atoms with Gasteiger partial charge in [-0.15, -0.1) is 0 Å². The molecule has 2 unspecified atom stereocenters. The lowest BCUT2D eigenvalue weighted by Crippen LogP contribution is -2.58. The van der Waals surface area contributed by atoms with E-state index in [4.69, 9.17) is 0 Å². The molecule has 1 amide bonds. The minimum absolute atomic E-state index is 0.226. The van der Waals surface area contributed by atoms with Gasteiger partial charge >= 0.3 is 0 Å². The van der Waals surface area contributed by atoms with Crippen molar-refractivity contribution in [2.75, 3.05) is 33.7 Å². The predicted octanol–water partition coefficient (Wildman–Crippen LogP) is 0.903. The van der Waals surface area contributed by atoms with Crippen molar-refractivity contribution in [2.45, 2.75) is 50.2 Å². The lowest BCUT2D eigenvalue weighted by Gasteiger charge is -2.44. The molecule has 1 aromatic heterocycles. The summed E-state index contributed by atoms with van der Waals surface area (Å²) in [5.74, 6) is 0.226. The molecule has 0 radical (unpaired) electrons. The Labute approximate surface area is 138 Å². The van der Waals surface area contributed by atoms with Crippen molar-refractivity contribution in [3.63, 3.8) is 0 Å².